The Morgan fingerprint density at radius 3 is 2.68 bits per heavy atom. The van der Waals surface area contributed by atoms with Crippen molar-refractivity contribution in [2.24, 2.45) is 5.41 Å². The van der Waals surface area contributed by atoms with Crippen molar-refractivity contribution in [1.82, 2.24) is 19.9 Å². The summed E-state index contributed by atoms with van der Waals surface area (Å²) in [5.74, 6) is 0.678. The molecule has 0 N–H and O–H groups in total. The van der Waals surface area contributed by atoms with Crippen molar-refractivity contribution in [2.45, 2.75) is 45.1 Å². The first-order valence-corrected chi connectivity index (χ1v) is 11.2. The molecular formula is C25H25ClN4O. The summed E-state index contributed by atoms with van der Waals surface area (Å²) < 4.78 is 0. The lowest BCUT2D eigenvalue weighted by Crippen LogP contribution is -2.36. The van der Waals surface area contributed by atoms with E-state index < -0.39 is 0 Å². The van der Waals surface area contributed by atoms with Gasteiger partial charge in [0.25, 0.3) is 5.91 Å². The van der Waals surface area contributed by atoms with Crippen molar-refractivity contribution in [1.29, 1.82) is 0 Å². The number of aromatic nitrogens is 3. The second kappa shape index (κ2) is 8.04. The van der Waals surface area contributed by atoms with Crippen molar-refractivity contribution in [3.05, 3.63) is 76.8 Å². The van der Waals surface area contributed by atoms with Gasteiger partial charge in [0, 0.05) is 42.4 Å². The van der Waals surface area contributed by atoms with Crippen LogP contribution in [0.3, 0.4) is 0 Å². The predicted octanol–water partition coefficient (Wildman–Crippen LogP) is 5.13. The molecule has 1 unspecified atom stereocenters. The highest BCUT2D eigenvalue weighted by Crippen LogP contribution is 2.55. The minimum absolute atomic E-state index is 0.0870. The van der Waals surface area contributed by atoms with Crippen LogP contribution in [0.15, 0.2) is 55.0 Å². The number of aryl methyl sites for hydroxylation is 2. The van der Waals surface area contributed by atoms with Gasteiger partial charge >= 0.3 is 0 Å². The van der Waals surface area contributed by atoms with Crippen molar-refractivity contribution in [3.63, 3.8) is 0 Å². The quantitative estimate of drug-likeness (QED) is 0.560. The highest BCUT2D eigenvalue weighted by atomic mass is 35.5. The van der Waals surface area contributed by atoms with Crippen molar-refractivity contribution < 1.29 is 4.79 Å². The maximum absolute atomic E-state index is 13.8. The molecule has 1 amide bonds. The molecule has 5 rings (SSSR count). The third-order valence-electron chi connectivity index (χ3n) is 6.57. The van der Waals surface area contributed by atoms with Gasteiger partial charge in [0.15, 0.2) is 5.82 Å². The van der Waals surface area contributed by atoms with E-state index in [0.29, 0.717) is 21.8 Å². The standard InChI is InChI=1S/C25H25ClN4O/c1-17-3-8-21(23-27-11-2-12-28-23)22(13-17)24(31)30-16-25(9-10-25)14-20(30)7-6-19-5-4-18(26)15-29-19/h2-5,8,11-13,15,20H,6-7,9-10,14,16H2,1H3. The minimum atomic E-state index is 0.0870. The molecule has 1 atom stereocenters. The minimum Gasteiger partial charge on any atom is -0.335 e. The molecule has 1 saturated carbocycles. The summed E-state index contributed by atoms with van der Waals surface area (Å²) in [6.45, 7) is 2.86. The number of hydrogen-bond acceptors (Lipinski definition) is 4. The SMILES string of the molecule is Cc1ccc(-c2ncccn2)c(C(=O)N2CC3(CC3)CC2CCc2ccc(Cl)cn2)c1. The molecular weight excluding hydrogens is 408 g/mol. The van der Waals surface area contributed by atoms with E-state index >= 15 is 0 Å². The molecule has 2 fully saturated rings. The van der Waals surface area contributed by atoms with Crippen LogP contribution < -0.4 is 0 Å². The zero-order valence-electron chi connectivity index (χ0n) is 17.6. The Labute approximate surface area is 187 Å². The lowest BCUT2D eigenvalue weighted by Gasteiger charge is -2.26. The fourth-order valence-corrected chi connectivity index (χ4v) is 4.80. The Hall–Kier alpha value is -2.79. The van der Waals surface area contributed by atoms with Crippen LogP contribution in [0.5, 0.6) is 0 Å². The Morgan fingerprint density at radius 2 is 1.97 bits per heavy atom. The maximum Gasteiger partial charge on any atom is 0.254 e. The van der Waals surface area contributed by atoms with E-state index in [0.717, 1.165) is 42.6 Å². The van der Waals surface area contributed by atoms with Gasteiger partial charge in [-0.25, -0.2) is 9.97 Å². The van der Waals surface area contributed by atoms with E-state index in [9.17, 15) is 4.79 Å². The summed E-state index contributed by atoms with van der Waals surface area (Å²) in [6, 6.07) is 11.8. The number of pyridine rings is 1. The van der Waals surface area contributed by atoms with Gasteiger partial charge in [-0.1, -0.05) is 29.3 Å². The number of halogens is 1. The Bertz CT molecular complexity index is 1100. The van der Waals surface area contributed by atoms with Crippen LogP contribution in [0.1, 0.15) is 47.3 Å². The first-order valence-electron chi connectivity index (χ1n) is 10.8. The van der Waals surface area contributed by atoms with Crippen LogP contribution in [0.4, 0.5) is 0 Å². The van der Waals surface area contributed by atoms with Gasteiger partial charge in [-0.2, -0.15) is 0 Å². The third kappa shape index (κ3) is 4.19. The Balaban J connectivity index is 1.42. The second-order valence-electron chi connectivity index (χ2n) is 8.92. The number of rotatable bonds is 5. The zero-order chi connectivity index (χ0) is 21.4. The highest BCUT2D eigenvalue weighted by molar-refractivity contribution is 6.30. The number of carbonyl (C=O) groups excluding carboxylic acids is 1. The van der Waals surface area contributed by atoms with Gasteiger partial charge in [0.1, 0.15) is 0 Å². The number of nitrogens with zero attached hydrogens (tertiary/aromatic N) is 4. The van der Waals surface area contributed by atoms with Gasteiger partial charge in [-0.3, -0.25) is 9.78 Å². The normalized spacial score (nSPS) is 19.0. The lowest BCUT2D eigenvalue weighted by atomic mass is 9.99. The Kier molecular flexibility index (Phi) is 5.22. The van der Waals surface area contributed by atoms with Gasteiger partial charge in [0.05, 0.1) is 10.6 Å². The summed E-state index contributed by atoms with van der Waals surface area (Å²) in [6.07, 6.45) is 10.4. The summed E-state index contributed by atoms with van der Waals surface area (Å²) in [4.78, 5) is 29.1. The largest absolute Gasteiger partial charge is 0.335 e. The van der Waals surface area contributed by atoms with Crippen LogP contribution in [0.25, 0.3) is 11.4 Å². The van der Waals surface area contributed by atoms with E-state index in [1.165, 1.54) is 12.8 Å². The van der Waals surface area contributed by atoms with Gasteiger partial charge in [-0.05, 0) is 68.7 Å². The molecule has 0 radical (unpaired) electrons. The summed E-state index contributed by atoms with van der Waals surface area (Å²) in [5, 5.41) is 0.647. The molecule has 1 spiro atoms. The molecule has 6 heteroatoms. The number of hydrogen-bond donors (Lipinski definition) is 0. The topological polar surface area (TPSA) is 59.0 Å². The van der Waals surface area contributed by atoms with Gasteiger partial charge in [0.2, 0.25) is 0 Å². The number of carbonyl (C=O) groups is 1. The van der Waals surface area contributed by atoms with Crippen molar-refractivity contribution in [3.8, 4) is 11.4 Å². The number of benzene rings is 1. The molecule has 5 nitrogen and oxygen atoms in total. The smallest absolute Gasteiger partial charge is 0.254 e. The van der Waals surface area contributed by atoms with Crippen LogP contribution in [0, 0.1) is 12.3 Å². The molecule has 1 aromatic carbocycles. The fraction of sp³-hybridized carbons (Fsp3) is 0.360. The van der Waals surface area contributed by atoms with E-state index in [2.05, 4.69) is 19.9 Å². The first-order chi connectivity index (χ1) is 15.0. The van der Waals surface area contributed by atoms with E-state index in [1.54, 1.807) is 24.7 Å². The van der Waals surface area contributed by atoms with Crippen molar-refractivity contribution in [2.75, 3.05) is 6.54 Å². The molecule has 0 bridgehead atoms. The molecule has 1 aliphatic heterocycles. The second-order valence-corrected chi connectivity index (χ2v) is 9.36. The van der Waals surface area contributed by atoms with Crippen LogP contribution in [-0.2, 0) is 6.42 Å². The molecule has 2 aromatic heterocycles. The fourth-order valence-electron chi connectivity index (χ4n) is 4.69. The lowest BCUT2D eigenvalue weighted by molar-refractivity contribution is 0.0725. The average Bonchev–Trinajstić information content (AvgIpc) is 3.45. The first kappa shape index (κ1) is 20.1. The summed E-state index contributed by atoms with van der Waals surface area (Å²) >= 11 is 5.97. The summed E-state index contributed by atoms with van der Waals surface area (Å²) in [7, 11) is 0. The van der Waals surface area contributed by atoms with E-state index in [1.807, 2.05) is 37.3 Å². The van der Waals surface area contributed by atoms with Crippen LogP contribution in [0.2, 0.25) is 5.02 Å². The molecule has 3 aromatic rings. The molecule has 31 heavy (non-hydrogen) atoms. The third-order valence-corrected chi connectivity index (χ3v) is 6.79. The Morgan fingerprint density at radius 1 is 1.16 bits per heavy atom. The summed E-state index contributed by atoms with van der Waals surface area (Å²) in [5.41, 5.74) is 3.89. The monoisotopic (exact) mass is 432 g/mol. The average molecular weight is 433 g/mol. The maximum atomic E-state index is 13.8. The van der Waals surface area contributed by atoms with E-state index in [4.69, 9.17) is 11.6 Å². The van der Waals surface area contributed by atoms with Gasteiger partial charge in [-0.15, -0.1) is 0 Å². The zero-order valence-corrected chi connectivity index (χ0v) is 18.3. The molecule has 1 aliphatic carbocycles. The predicted molar refractivity (Wildman–Crippen MR) is 121 cm³/mol. The molecule has 3 heterocycles. The highest BCUT2D eigenvalue weighted by Gasteiger charge is 2.53. The van der Waals surface area contributed by atoms with Crippen LogP contribution >= 0.6 is 11.6 Å². The van der Waals surface area contributed by atoms with E-state index in [-0.39, 0.29) is 11.9 Å². The number of amides is 1. The number of likely N-dealkylation sites (tertiary alicyclic amines) is 1. The van der Waals surface area contributed by atoms with Crippen molar-refractivity contribution >= 4 is 17.5 Å². The van der Waals surface area contributed by atoms with Gasteiger partial charge < -0.3 is 4.90 Å². The molecule has 1 saturated heterocycles. The molecule has 158 valence electrons. The molecule has 2 aliphatic rings. The van der Waals surface area contributed by atoms with Crippen LogP contribution in [-0.4, -0.2) is 38.3 Å².